The lowest BCUT2D eigenvalue weighted by Gasteiger charge is -2.08. The monoisotopic (exact) mass is 275 g/mol. The summed E-state index contributed by atoms with van der Waals surface area (Å²) in [6.45, 7) is 4.91. The van der Waals surface area contributed by atoms with Crippen LogP contribution in [0.1, 0.15) is 32.6 Å². The molecule has 0 bridgehead atoms. The standard InChI is InChI=1S/C15H17NO2S/c1-3-11-4-5-12(8-10(11)2)16-9-13-6-7-14(19-13)15(17)18/h4-8,16H,3,9H2,1-2H3,(H,17,18). The van der Waals surface area contributed by atoms with E-state index in [1.165, 1.54) is 22.5 Å². The normalized spacial score (nSPS) is 10.4. The summed E-state index contributed by atoms with van der Waals surface area (Å²) < 4.78 is 0. The van der Waals surface area contributed by atoms with Crippen LogP contribution in [0.2, 0.25) is 0 Å². The highest BCUT2D eigenvalue weighted by Gasteiger charge is 2.06. The Kier molecular flexibility index (Phi) is 4.22. The van der Waals surface area contributed by atoms with E-state index in [4.69, 9.17) is 5.11 Å². The van der Waals surface area contributed by atoms with Gasteiger partial charge in [0, 0.05) is 17.1 Å². The summed E-state index contributed by atoms with van der Waals surface area (Å²) in [7, 11) is 0. The van der Waals surface area contributed by atoms with E-state index < -0.39 is 5.97 Å². The van der Waals surface area contributed by atoms with Crippen molar-refractivity contribution < 1.29 is 9.90 Å². The number of carboxylic acid groups (broad SMARTS) is 1. The number of hydrogen-bond acceptors (Lipinski definition) is 3. The molecule has 1 aromatic carbocycles. The molecule has 0 spiro atoms. The zero-order valence-electron chi connectivity index (χ0n) is 11.1. The van der Waals surface area contributed by atoms with Crippen LogP contribution in [0.5, 0.6) is 0 Å². The molecule has 0 unspecified atom stereocenters. The highest BCUT2D eigenvalue weighted by Crippen LogP contribution is 2.20. The largest absolute Gasteiger partial charge is 0.477 e. The number of benzene rings is 1. The third-order valence-corrected chi connectivity index (χ3v) is 4.14. The smallest absolute Gasteiger partial charge is 0.345 e. The van der Waals surface area contributed by atoms with Crippen molar-refractivity contribution in [3.8, 4) is 0 Å². The van der Waals surface area contributed by atoms with Gasteiger partial charge in [0.1, 0.15) is 4.88 Å². The number of anilines is 1. The fourth-order valence-electron chi connectivity index (χ4n) is 1.98. The van der Waals surface area contributed by atoms with Crippen LogP contribution in [0.15, 0.2) is 30.3 Å². The number of thiophene rings is 1. The Balaban J connectivity index is 2.01. The maximum absolute atomic E-state index is 10.8. The van der Waals surface area contributed by atoms with E-state index in [1.807, 2.05) is 6.07 Å². The number of carboxylic acids is 1. The molecule has 0 fully saturated rings. The minimum atomic E-state index is -0.862. The molecule has 0 radical (unpaired) electrons. The van der Waals surface area contributed by atoms with Gasteiger partial charge in [0.25, 0.3) is 0 Å². The topological polar surface area (TPSA) is 49.3 Å². The number of hydrogen-bond donors (Lipinski definition) is 2. The van der Waals surface area contributed by atoms with Crippen molar-refractivity contribution in [2.75, 3.05) is 5.32 Å². The van der Waals surface area contributed by atoms with Gasteiger partial charge < -0.3 is 10.4 Å². The molecule has 19 heavy (non-hydrogen) atoms. The molecule has 0 aliphatic heterocycles. The fourth-order valence-corrected chi connectivity index (χ4v) is 2.77. The summed E-state index contributed by atoms with van der Waals surface area (Å²) in [6, 6.07) is 9.83. The summed E-state index contributed by atoms with van der Waals surface area (Å²) in [6.07, 6.45) is 1.04. The van der Waals surface area contributed by atoms with Gasteiger partial charge in [-0.15, -0.1) is 11.3 Å². The van der Waals surface area contributed by atoms with E-state index in [9.17, 15) is 4.79 Å². The number of carbonyl (C=O) groups is 1. The van der Waals surface area contributed by atoms with Crippen LogP contribution in [0.3, 0.4) is 0 Å². The van der Waals surface area contributed by atoms with E-state index in [2.05, 4.69) is 37.4 Å². The molecule has 100 valence electrons. The Morgan fingerprint density at radius 2 is 2.11 bits per heavy atom. The lowest BCUT2D eigenvalue weighted by molar-refractivity contribution is 0.0702. The Bertz CT molecular complexity index is 590. The van der Waals surface area contributed by atoms with Crippen LogP contribution in [-0.2, 0) is 13.0 Å². The second kappa shape index (κ2) is 5.89. The van der Waals surface area contributed by atoms with Gasteiger partial charge in [-0.05, 0) is 48.7 Å². The lowest BCUT2D eigenvalue weighted by atomic mass is 10.1. The van der Waals surface area contributed by atoms with E-state index in [1.54, 1.807) is 6.07 Å². The summed E-state index contributed by atoms with van der Waals surface area (Å²) in [5.74, 6) is -0.862. The zero-order chi connectivity index (χ0) is 13.8. The summed E-state index contributed by atoms with van der Waals surface area (Å²) in [4.78, 5) is 12.2. The molecule has 2 aromatic rings. The van der Waals surface area contributed by atoms with E-state index in [0.29, 0.717) is 11.4 Å². The molecule has 4 heteroatoms. The highest BCUT2D eigenvalue weighted by atomic mass is 32.1. The first kappa shape index (κ1) is 13.6. The minimum Gasteiger partial charge on any atom is -0.477 e. The molecule has 1 aromatic heterocycles. The highest BCUT2D eigenvalue weighted by molar-refractivity contribution is 7.13. The van der Waals surface area contributed by atoms with Gasteiger partial charge in [0.05, 0.1) is 0 Å². The van der Waals surface area contributed by atoms with Gasteiger partial charge in [-0.1, -0.05) is 13.0 Å². The fraction of sp³-hybridized carbons (Fsp3) is 0.267. The number of aromatic carboxylic acids is 1. The molecule has 2 N–H and O–H groups in total. The van der Waals surface area contributed by atoms with Crippen LogP contribution in [0.4, 0.5) is 5.69 Å². The lowest BCUT2D eigenvalue weighted by Crippen LogP contribution is -1.98. The molecule has 3 nitrogen and oxygen atoms in total. The molecule has 1 heterocycles. The first-order valence-corrected chi connectivity index (χ1v) is 7.07. The molecule has 0 saturated carbocycles. The third-order valence-electron chi connectivity index (χ3n) is 3.06. The van der Waals surface area contributed by atoms with Crippen molar-refractivity contribution in [3.63, 3.8) is 0 Å². The second-order valence-electron chi connectivity index (χ2n) is 4.42. The van der Waals surface area contributed by atoms with Crippen LogP contribution in [0.25, 0.3) is 0 Å². The molecule has 0 atom stereocenters. The third kappa shape index (κ3) is 3.35. The van der Waals surface area contributed by atoms with Crippen molar-refractivity contribution in [2.24, 2.45) is 0 Å². The van der Waals surface area contributed by atoms with Crippen molar-refractivity contribution in [2.45, 2.75) is 26.8 Å². The molecule has 0 aliphatic rings. The van der Waals surface area contributed by atoms with Crippen LogP contribution in [0, 0.1) is 6.92 Å². The van der Waals surface area contributed by atoms with Gasteiger partial charge >= 0.3 is 5.97 Å². The quantitative estimate of drug-likeness (QED) is 0.869. The first-order chi connectivity index (χ1) is 9.10. The molecule has 0 saturated heterocycles. The van der Waals surface area contributed by atoms with Crippen molar-refractivity contribution in [1.82, 2.24) is 0 Å². The summed E-state index contributed by atoms with van der Waals surface area (Å²) in [5.41, 5.74) is 3.71. The Morgan fingerprint density at radius 3 is 2.68 bits per heavy atom. The molecule has 0 aliphatic carbocycles. The van der Waals surface area contributed by atoms with Crippen LogP contribution >= 0.6 is 11.3 Å². The number of rotatable bonds is 5. The van der Waals surface area contributed by atoms with Gasteiger partial charge in [0.2, 0.25) is 0 Å². The molecule has 0 amide bonds. The minimum absolute atomic E-state index is 0.384. The van der Waals surface area contributed by atoms with Crippen molar-refractivity contribution >= 4 is 23.0 Å². The molecular formula is C15H17NO2S. The van der Waals surface area contributed by atoms with Crippen LogP contribution in [-0.4, -0.2) is 11.1 Å². The van der Waals surface area contributed by atoms with E-state index >= 15 is 0 Å². The zero-order valence-corrected chi connectivity index (χ0v) is 11.9. The van der Waals surface area contributed by atoms with Crippen molar-refractivity contribution in [3.05, 3.63) is 51.2 Å². The second-order valence-corrected chi connectivity index (χ2v) is 5.59. The van der Waals surface area contributed by atoms with E-state index in [0.717, 1.165) is 17.0 Å². The predicted octanol–water partition coefficient (Wildman–Crippen LogP) is 3.93. The van der Waals surface area contributed by atoms with Gasteiger partial charge in [-0.25, -0.2) is 4.79 Å². The van der Waals surface area contributed by atoms with Crippen LogP contribution < -0.4 is 5.32 Å². The van der Waals surface area contributed by atoms with Gasteiger partial charge in [0.15, 0.2) is 0 Å². The Labute approximate surface area is 116 Å². The summed E-state index contributed by atoms with van der Waals surface area (Å²) >= 11 is 1.31. The SMILES string of the molecule is CCc1ccc(NCc2ccc(C(=O)O)s2)cc1C. The molecular weight excluding hydrogens is 258 g/mol. The first-order valence-electron chi connectivity index (χ1n) is 6.25. The number of nitrogens with one attached hydrogen (secondary N) is 1. The van der Waals surface area contributed by atoms with E-state index in [-0.39, 0.29) is 0 Å². The summed E-state index contributed by atoms with van der Waals surface area (Å²) in [5, 5.41) is 12.2. The predicted molar refractivity (Wildman–Crippen MR) is 79.2 cm³/mol. The Morgan fingerprint density at radius 1 is 1.32 bits per heavy atom. The van der Waals surface area contributed by atoms with Crippen molar-refractivity contribution in [1.29, 1.82) is 0 Å². The maximum atomic E-state index is 10.8. The average molecular weight is 275 g/mol. The molecule has 2 rings (SSSR count). The van der Waals surface area contributed by atoms with Gasteiger partial charge in [-0.2, -0.15) is 0 Å². The average Bonchev–Trinajstić information content (AvgIpc) is 2.85. The maximum Gasteiger partial charge on any atom is 0.345 e. The Hall–Kier alpha value is -1.81. The van der Waals surface area contributed by atoms with Gasteiger partial charge in [-0.3, -0.25) is 0 Å². The number of aryl methyl sites for hydroxylation is 2.